The van der Waals surface area contributed by atoms with Gasteiger partial charge in [0.05, 0.1) is 11.3 Å². The van der Waals surface area contributed by atoms with Crippen LogP contribution in [0.1, 0.15) is 59.1 Å². The third-order valence-corrected chi connectivity index (χ3v) is 6.82. The van der Waals surface area contributed by atoms with Gasteiger partial charge in [-0.2, -0.15) is 5.10 Å². The molecule has 8 nitrogen and oxygen atoms in total. The number of rotatable bonds is 6. The number of benzene rings is 2. The number of hydrogen-bond donors (Lipinski definition) is 3. The summed E-state index contributed by atoms with van der Waals surface area (Å²) in [6, 6.07) is 14.7. The third-order valence-electron chi connectivity index (χ3n) is 6.82. The molecule has 180 valence electrons. The molecule has 1 heterocycles. The van der Waals surface area contributed by atoms with E-state index < -0.39 is 18.1 Å². The van der Waals surface area contributed by atoms with Gasteiger partial charge in [0.25, 0.3) is 0 Å². The van der Waals surface area contributed by atoms with Crippen LogP contribution in [0.25, 0.3) is 11.1 Å². The summed E-state index contributed by atoms with van der Waals surface area (Å²) in [5.41, 5.74) is 5.69. The number of fused-ring (bicyclic) bond motifs is 4. The van der Waals surface area contributed by atoms with Crippen molar-refractivity contribution in [3.8, 4) is 11.1 Å². The number of nitrogens with zero attached hydrogens (tertiary/aromatic N) is 1. The zero-order valence-corrected chi connectivity index (χ0v) is 19.6. The number of carboxylic acids is 1. The van der Waals surface area contributed by atoms with Gasteiger partial charge in [-0.3, -0.25) is 9.89 Å². The van der Waals surface area contributed by atoms with Gasteiger partial charge in [0.15, 0.2) is 5.78 Å². The van der Waals surface area contributed by atoms with E-state index in [-0.39, 0.29) is 30.1 Å². The van der Waals surface area contributed by atoms with Gasteiger partial charge >= 0.3 is 12.1 Å². The quantitative estimate of drug-likeness (QED) is 0.496. The Balaban J connectivity index is 1.27. The Morgan fingerprint density at radius 3 is 2.37 bits per heavy atom. The number of Topliss-reactive ketones (excluding diaryl/α,β-unsaturated/α-hetero) is 1. The molecule has 2 aromatic carbocycles. The zero-order valence-electron chi connectivity index (χ0n) is 19.6. The molecule has 1 aromatic heterocycles. The minimum atomic E-state index is -1.28. The van der Waals surface area contributed by atoms with Crippen LogP contribution in [-0.2, 0) is 22.4 Å². The monoisotopic (exact) mass is 473 g/mol. The Labute approximate surface area is 202 Å². The maximum absolute atomic E-state index is 12.7. The first kappa shape index (κ1) is 22.8. The minimum absolute atomic E-state index is 0.0646. The van der Waals surface area contributed by atoms with Crippen LogP contribution in [0, 0.1) is 5.41 Å². The lowest BCUT2D eigenvalue weighted by Crippen LogP contribution is -2.43. The second kappa shape index (κ2) is 8.69. The number of nitrogens with one attached hydrogen (secondary N) is 2. The van der Waals surface area contributed by atoms with Crippen molar-refractivity contribution in [3.63, 3.8) is 0 Å². The molecule has 0 fully saturated rings. The maximum atomic E-state index is 12.7. The molecule has 0 spiro atoms. The van der Waals surface area contributed by atoms with Crippen molar-refractivity contribution in [2.45, 2.75) is 45.1 Å². The molecule has 35 heavy (non-hydrogen) atoms. The Kier molecular flexibility index (Phi) is 5.67. The van der Waals surface area contributed by atoms with Crippen LogP contribution in [0.5, 0.6) is 0 Å². The molecule has 0 unspecified atom stereocenters. The third kappa shape index (κ3) is 4.32. The number of H-pyrrole nitrogens is 1. The molecule has 3 aromatic rings. The van der Waals surface area contributed by atoms with Gasteiger partial charge in [-0.1, -0.05) is 62.4 Å². The van der Waals surface area contributed by atoms with Gasteiger partial charge < -0.3 is 15.2 Å². The number of aromatic amines is 1. The lowest BCUT2D eigenvalue weighted by molar-refractivity contribution is -0.139. The number of carbonyl (C=O) groups excluding carboxylic acids is 2. The molecule has 2 aliphatic rings. The fraction of sp³-hybridized carbons (Fsp3) is 0.333. The molecule has 3 N–H and O–H groups in total. The highest BCUT2D eigenvalue weighted by Gasteiger charge is 2.36. The van der Waals surface area contributed by atoms with Gasteiger partial charge in [-0.15, -0.1) is 0 Å². The number of amides is 1. The van der Waals surface area contributed by atoms with E-state index in [4.69, 9.17) is 4.74 Å². The topological polar surface area (TPSA) is 121 Å². The molecule has 0 radical (unpaired) electrons. The largest absolute Gasteiger partial charge is 0.480 e. The van der Waals surface area contributed by atoms with Gasteiger partial charge in [-0.05, 0) is 34.1 Å². The summed E-state index contributed by atoms with van der Waals surface area (Å²) in [5, 5.41) is 19.2. The van der Waals surface area contributed by atoms with E-state index in [1.54, 1.807) is 0 Å². The van der Waals surface area contributed by atoms with E-state index in [1.165, 1.54) is 0 Å². The standard InChI is InChI=1S/C27H27N3O5/c1-27(2)12-22-24(23(31)13-27)20(29-30-22)11-21(25(32)33)28-26(34)35-14-19-17-9-5-3-7-15(17)16-8-4-6-10-18(16)19/h3-10,19,21H,11-14H2,1-2H3,(H,28,34)(H,29,30)(H,32,33)/t21-/m0/s1. The molecule has 1 amide bonds. The van der Waals surface area contributed by atoms with E-state index in [1.807, 2.05) is 62.4 Å². The Hall–Kier alpha value is -3.94. The van der Waals surface area contributed by atoms with Crippen LogP contribution >= 0.6 is 0 Å². The Morgan fingerprint density at radius 2 is 1.74 bits per heavy atom. The molecule has 5 rings (SSSR count). The van der Waals surface area contributed by atoms with Crippen molar-refractivity contribution in [1.29, 1.82) is 0 Å². The first-order chi connectivity index (χ1) is 16.7. The van der Waals surface area contributed by atoms with Crippen LogP contribution in [0.3, 0.4) is 0 Å². The summed E-state index contributed by atoms with van der Waals surface area (Å²) in [6.45, 7) is 4.10. The van der Waals surface area contributed by atoms with Crippen molar-refractivity contribution in [2.24, 2.45) is 5.41 Å². The van der Waals surface area contributed by atoms with Crippen LogP contribution in [0.2, 0.25) is 0 Å². The second-order valence-electron chi connectivity index (χ2n) is 10.0. The molecule has 0 aliphatic heterocycles. The number of carboxylic acid groups (broad SMARTS) is 1. The lowest BCUT2D eigenvalue weighted by atomic mass is 9.75. The average molecular weight is 474 g/mol. The van der Waals surface area contributed by atoms with Crippen molar-refractivity contribution < 1.29 is 24.2 Å². The molecule has 2 aliphatic carbocycles. The summed E-state index contributed by atoms with van der Waals surface area (Å²) in [6.07, 6.45) is 0.0800. The SMILES string of the molecule is CC1(C)CC(=O)c2c(C[C@H](NC(=O)OCC3c4ccccc4-c4ccccc43)C(=O)O)n[nH]c2C1. The van der Waals surface area contributed by atoms with E-state index >= 15 is 0 Å². The highest BCUT2D eigenvalue weighted by molar-refractivity contribution is 6.00. The predicted octanol–water partition coefficient (Wildman–Crippen LogP) is 4.10. The number of carbonyl (C=O) groups is 3. The molecule has 0 saturated carbocycles. The molecule has 8 heteroatoms. The van der Waals surface area contributed by atoms with Crippen molar-refractivity contribution in [2.75, 3.05) is 6.61 Å². The average Bonchev–Trinajstić information content (AvgIpc) is 3.35. The molecule has 0 saturated heterocycles. The summed E-state index contributed by atoms with van der Waals surface area (Å²) in [7, 11) is 0. The highest BCUT2D eigenvalue weighted by atomic mass is 16.5. The van der Waals surface area contributed by atoms with E-state index in [0.29, 0.717) is 29.8 Å². The Bertz CT molecular complexity index is 1280. The fourth-order valence-electron chi connectivity index (χ4n) is 5.27. The lowest BCUT2D eigenvalue weighted by Gasteiger charge is -2.28. The first-order valence-electron chi connectivity index (χ1n) is 11.7. The fourth-order valence-corrected chi connectivity index (χ4v) is 5.27. The van der Waals surface area contributed by atoms with Gasteiger partial charge in [0.1, 0.15) is 12.6 Å². The van der Waals surface area contributed by atoms with E-state index in [9.17, 15) is 19.5 Å². The number of hydrogen-bond acceptors (Lipinski definition) is 5. The molecule has 0 bridgehead atoms. The summed E-state index contributed by atoms with van der Waals surface area (Å²) >= 11 is 0. The molecular formula is C27H27N3O5. The molecule has 1 atom stereocenters. The highest BCUT2D eigenvalue weighted by Crippen LogP contribution is 2.44. The van der Waals surface area contributed by atoms with Crippen molar-refractivity contribution in [1.82, 2.24) is 15.5 Å². The summed E-state index contributed by atoms with van der Waals surface area (Å²) in [5.74, 6) is -1.42. The number of aromatic nitrogens is 2. The molecular weight excluding hydrogens is 446 g/mol. The van der Waals surface area contributed by atoms with Crippen molar-refractivity contribution >= 4 is 17.8 Å². The normalized spacial score (nSPS) is 16.7. The van der Waals surface area contributed by atoms with Crippen molar-refractivity contribution in [3.05, 3.63) is 76.6 Å². The van der Waals surface area contributed by atoms with Gasteiger partial charge in [0.2, 0.25) is 0 Å². The van der Waals surface area contributed by atoms with Gasteiger partial charge in [0, 0.05) is 24.5 Å². The minimum Gasteiger partial charge on any atom is -0.480 e. The van der Waals surface area contributed by atoms with Crippen LogP contribution < -0.4 is 5.32 Å². The van der Waals surface area contributed by atoms with E-state index in [0.717, 1.165) is 22.3 Å². The summed E-state index contributed by atoms with van der Waals surface area (Å²) < 4.78 is 5.49. The van der Waals surface area contributed by atoms with Crippen LogP contribution in [0.4, 0.5) is 4.79 Å². The summed E-state index contributed by atoms with van der Waals surface area (Å²) in [4.78, 5) is 37.2. The smallest absolute Gasteiger partial charge is 0.407 e. The van der Waals surface area contributed by atoms with Crippen LogP contribution in [0.15, 0.2) is 48.5 Å². The number of ether oxygens (including phenoxy) is 1. The van der Waals surface area contributed by atoms with Crippen LogP contribution in [-0.4, -0.2) is 45.8 Å². The first-order valence-corrected chi connectivity index (χ1v) is 11.7. The second-order valence-corrected chi connectivity index (χ2v) is 10.0. The zero-order chi connectivity index (χ0) is 24.7. The maximum Gasteiger partial charge on any atom is 0.407 e. The Morgan fingerprint density at radius 1 is 1.11 bits per heavy atom. The van der Waals surface area contributed by atoms with E-state index in [2.05, 4.69) is 15.5 Å². The number of aliphatic carboxylic acids is 1. The number of alkyl carbamates (subject to hydrolysis) is 1. The van der Waals surface area contributed by atoms with Gasteiger partial charge in [-0.25, -0.2) is 9.59 Å². The predicted molar refractivity (Wildman–Crippen MR) is 128 cm³/mol. The number of ketones is 1.